The maximum absolute atomic E-state index is 13.8. The molecule has 10 heteroatoms. The number of hydrogen-bond acceptors (Lipinski definition) is 7. The Bertz CT molecular complexity index is 1380. The number of nitrogens with one attached hydrogen (secondary N) is 1. The summed E-state index contributed by atoms with van der Waals surface area (Å²) in [6.45, 7) is 10.9. The topological polar surface area (TPSA) is 119 Å². The highest BCUT2D eigenvalue weighted by Gasteiger charge is 2.37. The van der Waals surface area contributed by atoms with Gasteiger partial charge in [-0.15, -0.1) is 10.2 Å². The molecule has 10 nitrogen and oxygen atoms in total. The molecule has 4 aromatic rings. The smallest absolute Gasteiger partial charge is 0.251 e. The van der Waals surface area contributed by atoms with Crippen molar-refractivity contribution in [3.05, 3.63) is 71.4 Å². The molecule has 3 heterocycles. The lowest BCUT2D eigenvalue weighted by Crippen LogP contribution is -2.50. The monoisotopic (exact) mass is 490 g/mol. The lowest BCUT2D eigenvalue weighted by Gasteiger charge is -2.32. The molecule has 2 amide bonds. The maximum Gasteiger partial charge on any atom is 0.251 e. The molecular weight excluding hydrogens is 460 g/mol. The van der Waals surface area contributed by atoms with Crippen LogP contribution >= 0.6 is 0 Å². The van der Waals surface area contributed by atoms with E-state index in [9.17, 15) is 9.59 Å². The van der Waals surface area contributed by atoms with Gasteiger partial charge in [-0.2, -0.15) is 4.80 Å². The summed E-state index contributed by atoms with van der Waals surface area (Å²) in [4.78, 5) is 30.0. The highest BCUT2D eigenvalue weighted by atomic mass is 16.3. The molecule has 4 rings (SSSR count). The Hall–Kier alpha value is -4.21. The van der Waals surface area contributed by atoms with Gasteiger partial charge in [-0.25, -0.2) is 0 Å². The minimum absolute atomic E-state index is 0.250. The molecule has 0 spiro atoms. The number of aromatic nitrogens is 4. The van der Waals surface area contributed by atoms with E-state index in [1.165, 1.54) is 9.70 Å². The molecule has 0 aliphatic rings. The average molecular weight is 491 g/mol. The average Bonchev–Trinajstić information content (AvgIpc) is 3.52. The van der Waals surface area contributed by atoms with E-state index in [0.717, 1.165) is 5.56 Å². The van der Waals surface area contributed by atoms with Crippen LogP contribution in [0.3, 0.4) is 0 Å². The van der Waals surface area contributed by atoms with E-state index in [4.69, 9.17) is 8.83 Å². The molecule has 0 saturated carbocycles. The van der Waals surface area contributed by atoms with Crippen LogP contribution in [0.2, 0.25) is 0 Å². The van der Waals surface area contributed by atoms with E-state index >= 15 is 0 Å². The number of rotatable bonds is 7. The van der Waals surface area contributed by atoms with Gasteiger partial charge in [0, 0.05) is 11.2 Å². The van der Waals surface area contributed by atoms with Gasteiger partial charge in [-0.3, -0.25) is 14.5 Å². The van der Waals surface area contributed by atoms with Crippen LogP contribution < -0.4 is 10.2 Å². The number of benzene rings is 1. The van der Waals surface area contributed by atoms with Gasteiger partial charge in [0.15, 0.2) is 11.8 Å². The summed E-state index contributed by atoms with van der Waals surface area (Å²) in [6.07, 6.45) is 0. The molecule has 3 aromatic heterocycles. The third kappa shape index (κ3) is 5.70. The zero-order chi connectivity index (χ0) is 26.0. The second-order valence-electron chi connectivity index (χ2n) is 9.75. The maximum atomic E-state index is 13.8. The number of aryl methyl sites for hydroxylation is 3. The quantitative estimate of drug-likeness (QED) is 0.413. The van der Waals surface area contributed by atoms with E-state index in [1.807, 2.05) is 52.8 Å². The summed E-state index contributed by atoms with van der Waals surface area (Å²) < 4.78 is 11.4. The Morgan fingerprint density at radius 2 is 1.75 bits per heavy atom. The first-order valence-electron chi connectivity index (χ1n) is 11.6. The Kier molecular flexibility index (Phi) is 6.78. The summed E-state index contributed by atoms with van der Waals surface area (Å²) in [5.41, 5.74) is 0.956. The van der Waals surface area contributed by atoms with Crippen LogP contribution in [0.25, 0.3) is 11.6 Å². The number of amides is 2. The minimum Gasteiger partial charge on any atom is -0.464 e. The van der Waals surface area contributed by atoms with Crippen molar-refractivity contribution in [1.29, 1.82) is 0 Å². The first-order valence-corrected chi connectivity index (χ1v) is 11.6. The Morgan fingerprint density at radius 3 is 2.36 bits per heavy atom. The van der Waals surface area contributed by atoms with Crippen molar-refractivity contribution in [3.8, 4) is 11.6 Å². The van der Waals surface area contributed by atoms with Crippen LogP contribution in [0.4, 0.5) is 5.69 Å². The fourth-order valence-corrected chi connectivity index (χ4v) is 3.79. The predicted molar refractivity (Wildman–Crippen MR) is 133 cm³/mol. The van der Waals surface area contributed by atoms with Crippen molar-refractivity contribution in [2.45, 2.75) is 59.7 Å². The van der Waals surface area contributed by atoms with Crippen molar-refractivity contribution >= 4 is 17.5 Å². The normalized spacial score (nSPS) is 12.4. The summed E-state index contributed by atoms with van der Waals surface area (Å²) in [6, 6.07) is 13.3. The molecule has 0 radical (unpaired) electrons. The van der Waals surface area contributed by atoms with E-state index in [2.05, 4.69) is 20.7 Å². The number of carbonyl (C=O) groups excluding carboxylic acids is 2. The second kappa shape index (κ2) is 9.80. The van der Waals surface area contributed by atoms with Crippen LogP contribution in [0.1, 0.15) is 49.7 Å². The Balaban J connectivity index is 1.73. The molecular formula is C26H30N6O4. The summed E-state index contributed by atoms with van der Waals surface area (Å²) >= 11 is 0. The van der Waals surface area contributed by atoms with E-state index < -0.39 is 17.5 Å². The van der Waals surface area contributed by atoms with Gasteiger partial charge < -0.3 is 14.2 Å². The molecule has 0 fully saturated rings. The van der Waals surface area contributed by atoms with Crippen molar-refractivity contribution in [2.75, 3.05) is 4.90 Å². The third-order valence-electron chi connectivity index (χ3n) is 5.27. The van der Waals surface area contributed by atoms with Crippen LogP contribution in [-0.4, -0.2) is 37.6 Å². The molecule has 1 N–H and O–H groups in total. The summed E-state index contributed by atoms with van der Waals surface area (Å²) in [7, 11) is 0. The van der Waals surface area contributed by atoms with Crippen LogP contribution in [0, 0.1) is 20.8 Å². The molecule has 1 atom stereocenters. The van der Waals surface area contributed by atoms with Gasteiger partial charge in [-0.1, -0.05) is 12.1 Å². The van der Waals surface area contributed by atoms with Gasteiger partial charge in [0.2, 0.25) is 5.82 Å². The minimum atomic E-state index is -1.05. The van der Waals surface area contributed by atoms with Crippen molar-refractivity contribution in [3.63, 3.8) is 0 Å². The SMILES string of the molecule is Cc1cccc(N(C(=O)Cn2nnc(-c3ccc(C)o3)n2)C(C(=O)NC(C)(C)C)c2ccc(C)o2)c1. The molecule has 0 aliphatic heterocycles. The molecule has 0 bridgehead atoms. The van der Waals surface area contributed by atoms with E-state index in [0.29, 0.717) is 28.7 Å². The number of hydrogen-bond donors (Lipinski definition) is 1. The van der Waals surface area contributed by atoms with Gasteiger partial charge in [0.05, 0.1) is 0 Å². The molecule has 0 aliphatic carbocycles. The van der Waals surface area contributed by atoms with Gasteiger partial charge in [0.25, 0.3) is 11.8 Å². The fourth-order valence-electron chi connectivity index (χ4n) is 3.79. The lowest BCUT2D eigenvalue weighted by molar-refractivity contribution is -0.128. The number of furan rings is 2. The molecule has 36 heavy (non-hydrogen) atoms. The third-order valence-corrected chi connectivity index (χ3v) is 5.27. The molecule has 1 unspecified atom stereocenters. The van der Waals surface area contributed by atoms with Gasteiger partial charge in [-0.05, 0) is 88.7 Å². The first-order chi connectivity index (χ1) is 17.0. The van der Waals surface area contributed by atoms with E-state index in [1.54, 1.807) is 37.3 Å². The van der Waals surface area contributed by atoms with Crippen LogP contribution in [-0.2, 0) is 16.1 Å². The Morgan fingerprint density at radius 1 is 1.03 bits per heavy atom. The molecule has 0 saturated heterocycles. The van der Waals surface area contributed by atoms with Crippen molar-refractivity contribution < 1.29 is 18.4 Å². The molecule has 1 aromatic carbocycles. The zero-order valence-corrected chi connectivity index (χ0v) is 21.3. The zero-order valence-electron chi connectivity index (χ0n) is 21.3. The number of tetrazole rings is 1. The highest BCUT2D eigenvalue weighted by Crippen LogP contribution is 2.31. The largest absolute Gasteiger partial charge is 0.464 e. The number of carbonyl (C=O) groups is 2. The first kappa shape index (κ1) is 24.9. The van der Waals surface area contributed by atoms with Crippen LogP contribution in [0.5, 0.6) is 0 Å². The predicted octanol–water partition coefficient (Wildman–Crippen LogP) is 4.14. The lowest BCUT2D eigenvalue weighted by atomic mass is 10.1. The van der Waals surface area contributed by atoms with Crippen molar-refractivity contribution in [1.82, 2.24) is 25.5 Å². The molecule has 188 valence electrons. The second-order valence-corrected chi connectivity index (χ2v) is 9.75. The standard InChI is InChI=1S/C26H30N6O4/c1-16-8-7-9-19(14-16)32(23(20-12-10-17(2)35-20)25(34)27-26(4,5)6)22(33)15-31-29-24(28-30-31)21-13-11-18(3)36-21/h7-14,23H,15H2,1-6H3,(H,27,34). The fraction of sp³-hybridized carbons (Fsp3) is 0.346. The van der Waals surface area contributed by atoms with Gasteiger partial charge >= 0.3 is 0 Å². The highest BCUT2D eigenvalue weighted by molar-refractivity contribution is 6.01. The summed E-state index contributed by atoms with van der Waals surface area (Å²) in [5, 5.41) is 15.3. The van der Waals surface area contributed by atoms with E-state index in [-0.39, 0.29) is 18.3 Å². The van der Waals surface area contributed by atoms with Crippen LogP contribution in [0.15, 0.2) is 57.4 Å². The Labute approximate surface area is 209 Å². The van der Waals surface area contributed by atoms with Crippen molar-refractivity contribution in [2.24, 2.45) is 0 Å². The van der Waals surface area contributed by atoms with Gasteiger partial charge in [0.1, 0.15) is 23.8 Å². The number of nitrogens with zero attached hydrogens (tertiary/aromatic N) is 5. The summed E-state index contributed by atoms with van der Waals surface area (Å²) in [5.74, 6) is 1.63. The number of anilines is 1.